The molecule has 3 rings (SSSR count). The number of aryl methyl sites for hydroxylation is 1. The normalized spacial score (nSPS) is 20.8. The van der Waals surface area contributed by atoms with Crippen LogP contribution in [0.5, 0.6) is 0 Å². The number of ether oxygens (including phenoxy) is 2. The number of aromatic nitrogens is 2. The van der Waals surface area contributed by atoms with Gasteiger partial charge in [0.25, 0.3) is 5.56 Å². The predicted molar refractivity (Wildman–Crippen MR) is 162 cm³/mol. The third-order valence-electron chi connectivity index (χ3n) is 7.32. The molecule has 1 aliphatic heterocycles. The highest BCUT2D eigenvalue weighted by molar-refractivity contribution is 8.77. The van der Waals surface area contributed by atoms with Crippen LogP contribution < -0.4 is 11.2 Å². The van der Waals surface area contributed by atoms with Gasteiger partial charge in [-0.25, -0.2) is 9.59 Å². The number of nitrogens with zero attached hydrogens (tertiary/aromatic N) is 1. The fraction of sp³-hybridized carbons (Fsp3) is 0.607. The zero-order valence-corrected chi connectivity index (χ0v) is 27.0. The van der Waals surface area contributed by atoms with Gasteiger partial charge in [-0.2, -0.15) is 0 Å². The lowest BCUT2D eigenvalue weighted by Gasteiger charge is -2.37. The quantitative estimate of drug-likeness (QED) is 0.196. The van der Waals surface area contributed by atoms with Crippen LogP contribution in [0.3, 0.4) is 0 Å². The topological polar surface area (TPSA) is 99.6 Å². The highest BCUT2D eigenvalue weighted by atomic mass is 33.1. The molecule has 39 heavy (non-hydrogen) atoms. The Kier molecular flexibility index (Phi) is 10.4. The van der Waals surface area contributed by atoms with Crippen molar-refractivity contribution in [3.63, 3.8) is 0 Å². The molecule has 2 heterocycles. The SMILES string of the molecule is Cc1cn([C@H]2CC(OC(=O)c3ccccc3C(C)SSC(C)C)[C@@H](CO[Si](C)(C)C(C)(C)C)O2)c(=O)[nH]c1=O. The second-order valence-electron chi connectivity index (χ2n) is 11.8. The van der Waals surface area contributed by atoms with Crippen molar-refractivity contribution < 1.29 is 18.7 Å². The number of hydrogen-bond donors (Lipinski definition) is 1. The highest BCUT2D eigenvalue weighted by Gasteiger charge is 2.43. The Balaban J connectivity index is 1.87. The summed E-state index contributed by atoms with van der Waals surface area (Å²) in [5.41, 5.74) is 0.830. The Labute approximate surface area is 240 Å². The van der Waals surface area contributed by atoms with E-state index in [0.717, 1.165) is 5.56 Å². The molecule has 0 spiro atoms. The number of H-pyrrole nitrogens is 1. The van der Waals surface area contributed by atoms with Crippen molar-refractivity contribution >= 4 is 35.9 Å². The third-order valence-corrected chi connectivity index (χ3v) is 15.2. The Morgan fingerprint density at radius 1 is 1.18 bits per heavy atom. The van der Waals surface area contributed by atoms with Crippen LogP contribution in [0.1, 0.15) is 80.9 Å². The molecule has 0 amide bonds. The molecule has 1 aromatic carbocycles. The van der Waals surface area contributed by atoms with E-state index in [1.807, 2.05) is 18.2 Å². The van der Waals surface area contributed by atoms with E-state index in [1.54, 1.807) is 34.6 Å². The van der Waals surface area contributed by atoms with Crippen LogP contribution in [0.2, 0.25) is 18.1 Å². The molecule has 1 fully saturated rings. The second-order valence-corrected chi connectivity index (χ2v) is 19.8. The highest BCUT2D eigenvalue weighted by Crippen LogP contribution is 2.42. The van der Waals surface area contributed by atoms with Crippen molar-refractivity contribution in [2.45, 2.75) is 102 Å². The number of carbonyl (C=O) groups excluding carboxylic acids is 1. The van der Waals surface area contributed by atoms with Crippen molar-refractivity contribution in [2.75, 3.05) is 6.61 Å². The standard InChI is InChI=1S/C28H42N2O6S2Si/c1-17(2)37-38-19(4)20-12-10-11-13-21(20)26(32)36-22-14-24(30-15-18(3)25(31)29-27(30)33)35-23(22)16-34-39(8,9)28(5,6)7/h10-13,15,17,19,22-24H,14,16H2,1-9H3,(H,29,31,33)/t19?,22?,23-,24-/m1/s1. The summed E-state index contributed by atoms with van der Waals surface area (Å²) in [6.07, 6.45) is -0.151. The Bertz CT molecular complexity index is 1270. The van der Waals surface area contributed by atoms with Gasteiger partial charge in [-0.3, -0.25) is 14.3 Å². The molecule has 1 aromatic heterocycles. The fourth-order valence-electron chi connectivity index (χ4n) is 3.94. The number of carbonyl (C=O) groups is 1. The van der Waals surface area contributed by atoms with E-state index in [2.05, 4.69) is 59.6 Å². The van der Waals surface area contributed by atoms with E-state index in [-0.39, 0.29) is 23.3 Å². The maximum atomic E-state index is 13.5. The van der Waals surface area contributed by atoms with Gasteiger partial charge in [0.15, 0.2) is 8.32 Å². The Hall–Kier alpha value is -1.79. The lowest BCUT2D eigenvalue weighted by atomic mass is 10.0. The van der Waals surface area contributed by atoms with Crippen molar-refractivity contribution in [1.82, 2.24) is 9.55 Å². The number of benzene rings is 1. The van der Waals surface area contributed by atoms with Crippen LogP contribution in [0.15, 0.2) is 40.1 Å². The second kappa shape index (κ2) is 12.8. The first-order valence-electron chi connectivity index (χ1n) is 13.3. The van der Waals surface area contributed by atoms with Crippen LogP contribution >= 0.6 is 21.6 Å². The van der Waals surface area contributed by atoms with Gasteiger partial charge in [-0.15, -0.1) is 0 Å². The molecule has 1 N–H and O–H groups in total. The summed E-state index contributed by atoms with van der Waals surface area (Å²) in [4.78, 5) is 40.4. The summed E-state index contributed by atoms with van der Waals surface area (Å²) in [6.45, 7) is 19.0. The van der Waals surface area contributed by atoms with Gasteiger partial charge in [0.2, 0.25) is 0 Å². The van der Waals surface area contributed by atoms with E-state index in [0.29, 0.717) is 16.4 Å². The van der Waals surface area contributed by atoms with Gasteiger partial charge in [-0.05, 0) is 43.6 Å². The van der Waals surface area contributed by atoms with E-state index < -0.39 is 44.0 Å². The van der Waals surface area contributed by atoms with Gasteiger partial charge < -0.3 is 13.9 Å². The monoisotopic (exact) mass is 594 g/mol. The summed E-state index contributed by atoms with van der Waals surface area (Å²) in [6, 6.07) is 7.52. The summed E-state index contributed by atoms with van der Waals surface area (Å²) in [5.74, 6) is -0.427. The van der Waals surface area contributed by atoms with Crippen LogP contribution in [0.25, 0.3) is 0 Å². The first kappa shape index (κ1) is 31.7. The Morgan fingerprint density at radius 3 is 2.49 bits per heavy atom. The number of aromatic amines is 1. The van der Waals surface area contributed by atoms with Gasteiger partial charge in [-0.1, -0.05) is 74.4 Å². The van der Waals surface area contributed by atoms with Crippen LogP contribution in [-0.2, 0) is 13.9 Å². The summed E-state index contributed by atoms with van der Waals surface area (Å²) in [7, 11) is 1.38. The van der Waals surface area contributed by atoms with E-state index >= 15 is 0 Å². The molecule has 4 atom stereocenters. The van der Waals surface area contributed by atoms with Gasteiger partial charge in [0.05, 0.1) is 12.2 Å². The van der Waals surface area contributed by atoms with Gasteiger partial charge >= 0.3 is 11.7 Å². The predicted octanol–water partition coefficient (Wildman–Crippen LogP) is 6.23. The molecule has 2 unspecified atom stereocenters. The van der Waals surface area contributed by atoms with Crippen molar-refractivity contribution in [3.8, 4) is 0 Å². The zero-order valence-electron chi connectivity index (χ0n) is 24.4. The fourth-order valence-corrected chi connectivity index (χ4v) is 7.13. The van der Waals surface area contributed by atoms with Crippen LogP contribution in [0.4, 0.5) is 0 Å². The molecule has 0 bridgehead atoms. The minimum atomic E-state index is -2.12. The third kappa shape index (κ3) is 7.91. The average Bonchev–Trinajstić information content (AvgIpc) is 3.24. The first-order valence-corrected chi connectivity index (χ1v) is 18.5. The van der Waals surface area contributed by atoms with Crippen LogP contribution in [0, 0.1) is 6.92 Å². The number of nitrogens with one attached hydrogen (secondary N) is 1. The smallest absolute Gasteiger partial charge is 0.338 e. The minimum absolute atomic E-state index is 0.00904. The van der Waals surface area contributed by atoms with Crippen molar-refractivity contribution in [3.05, 3.63) is 68.0 Å². The molecule has 0 radical (unpaired) electrons. The summed E-state index contributed by atoms with van der Waals surface area (Å²) >= 11 is 0. The lowest BCUT2D eigenvalue weighted by molar-refractivity contribution is -0.0498. The number of esters is 1. The zero-order chi connectivity index (χ0) is 29.1. The molecule has 1 saturated heterocycles. The van der Waals surface area contributed by atoms with E-state index in [4.69, 9.17) is 13.9 Å². The molecule has 8 nitrogen and oxygen atoms in total. The van der Waals surface area contributed by atoms with Crippen molar-refractivity contribution in [2.24, 2.45) is 0 Å². The van der Waals surface area contributed by atoms with E-state index in [9.17, 15) is 14.4 Å². The van der Waals surface area contributed by atoms with Gasteiger partial charge in [0.1, 0.15) is 18.4 Å². The van der Waals surface area contributed by atoms with E-state index in [1.165, 1.54) is 10.8 Å². The molecule has 11 heteroatoms. The Morgan fingerprint density at radius 2 is 1.85 bits per heavy atom. The molecule has 216 valence electrons. The number of hydrogen-bond acceptors (Lipinski definition) is 8. The maximum Gasteiger partial charge on any atom is 0.338 e. The molecule has 2 aromatic rings. The summed E-state index contributed by atoms with van der Waals surface area (Å²) in [5, 5.41) is 0.546. The summed E-state index contributed by atoms with van der Waals surface area (Å²) < 4.78 is 20.2. The number of rotatable bonds is 10. The molecule has 0 aliphatic carbocycles. The lowest BCUT2D eigenvalue weighted by Crippen LogP contribution is -2.44. The molecule has 1 aliphatic rings. The molecular formula is C28H42N2O6S2Si. The maximum absolute atomic E-state index is 13.5. The van der Waals surface area contributed by atoms with Crippen LogP contribution in [-0.4, -0.2) is 47.9 Å². The molecular weight excluding hydrogens is 553 g/mol. The molecule has 0 saturated carbocycles. The average molecular weight is 595 g/mol. The van der Waals surface area contributed by atoms with Gasteiger partial charge in [0, 0.05) is 28.7 Å². The minimum Gasteiger partial charge on any atom is -0.456 e. The van der Waals surface area contributed by atoms with Crippen molar-refractivity contribution in [1.29, 1.82) is 0 Å². The first-order chi connectivity index (χ1) is 18.1. The largest absolute Gasteiger partial charge is 0.456 e.